The molecule has 5 N–H and O–H groups in total. The molecule has 43 heavy (non-hydrogen) atoms. The zero-order valence-electron chi connectivity index (χ0n) is 28.2. The highest BCUT2D eigenvalue weighted by Crippen LogP contribution is 2.43. The van der Waals surface area contributed by atoms with Crippen molar-refractivity contribution in [2.45, 2.75) is 193 Å². The van der Waals surface area contributed by atoms with Crippen molar-refractivity contribution in [3.8, 4) is 0 Å². The van der Waals surface area contributed by atoms with Gasteiger partial charge in [0.1, 0.15) is 0 Å². The molecular formula is C34H71N2O6P. The van der Waals surface area contributed by atoms with Gasteiger partial charge >= 0.3 is 7.82 Å². The smallest absolute Gasteiger partial charge is 0.391 e. The molecule has 3 atom stereocenters. The number of phosphoric acid groups is 1. The second-order valence-corrected chi connectivity index (χ2v) is 13.9. The molecule has 0 heterocycles. The number of nitrogens with one attached hydrogen (secondary N) is 1. The van der Waals surface area contributed by atoms with Crippen molar-refractivity contribution < 1.29 is 28.4 Å². The van der Waals surface area contributed by atoms with Crippen LogP contribution in [0, 0.1) is 0 Å². The standard InChI is InChI=1S/C34H71N2O6P/c1-3-5-7-9-11-13-14-15-16-17-18-20-22-24-26-28-34(38)36-32(31-42-43(39,40)41-30-29-35)33(37)27-25-23-21-19-12-10-8-6-4-2/h32-33,37H,3-31,35H2,1-2H3,(H,36,38)(H,39,40)/t32-,33+/m0/s1. The molecule has 0 saturated heterocycles. The maximum atomic E-state index is 12.7. The molecular weight excluding hydrogens is 563 g/mol. The van der Waals surface area contributed by atoms with Gasteiger partial charge in [-0.3, -0.25) is 13.8 Å². The van der Waals surface area contributed by atoms with Crippen LogP contribution in [-0.4, -0.2) is 47.8 Å². The van der Waals surface area contributed by atoms with Crippen molar-refractivity contribution in [2.75, 3.05) is 19.8 Å². The van der Waals surface area contributed by atoms with Crippen LogP contribution in [0.5, 0.6) is 0 Å². The molecule has 9 heteroatoms. The Morgan fingerprint density at radius 2 is 1.07 bits per heavy atom. The van der Waals surface area contributed by atoms with Crippen molar-refractivity contribution in [3.63, 3.8) is 0 Å². The molecule has 1 unspecified atom stereocenters. The topological polar surface area (TPSA) is 131 Å². The van der Waals surface area contributed by atoms with E-state index in [0.717, 1.165) is 38.5 Å². The van der Waals surface area contributed by atoms with Gasteiger partial charge in [-0.2, -0.15) is 0 Å². The molecule has 0 aromatic carbocycles. The van der Waals surface area contributed by atoms with Crippen LogP contribution in [0.4, 0.5) is 0 Å². The summed E-state index contributed by atoms with van der Waals surface area (Å²) < 4.78 is 22.0. The summed E-state index contributed by atoms with van der Waals surface area (Å²) >= 11 is 0. The van der Waals surface area contributed by atoms with Crippen molar-refractivity contribution in [3.05, 3.63) is 0 Å². The van der Waals surface area contributed by atoms with Crippen LogP contribution < -0.4 is 11.1 Å². The van der Waals surface area contributed by atoms with E-state index in [-0.39, 0.29) is 25.7 Å². The van der Waals surface area contributed by atoms with E-state index in [1.807, 2.05) is 0 Å². The number of aliphatic hydroxyl groups excluding tert-OH is 1. The van der Waals surface area contributed by atoms with E-state index in [0.29, 0.717) is 12.8 Å². The number of amides is 1. The van der Waals surface area contributed by atoms with Gasteiger partial charge in [-0.1, -0.05) is 162 Å². The Hall–Kier alpha value is -0.500. The summed E-state index contributed by atoms with van der Waals surface area (Å²) in [6.07, 6.45) is 29.6. The normalized spacial score (nSPS) is 14.4. The molecule has 0 aromatic rings. The van der Waals surface area contributed by atoms with Gasteiger partial charge in [-0.15, -0.1) is 0 Å². The Bertz CT molecular complexity index is 654. The van der Waals surface area contributed by atoms with Gasteiger partial charge in [0.15, 0.2) is 0 Å². The first kappa shape index (κ1) is 42.5. The highest BCUT2D eigenvalue weighted by molar-refractivity contribution is 7.47. The molecule has 0 aliphatic carbocycles. The fourth-order valence-corrected chi connectivity index (χ4v) is 6.19. The first-order valence-electron chi connectivity index (χ1n) is 18.2. The third kappa shape index (κ3) is 29.9. The first-order chi connectivity index (χ1) is 20.9. The number of carbonyl (C=O) groups excluding carboxylic acids is 1. The van der Waals surface area contributed by atoms with Crippen LogP contribution in [0.25, 0.3) is 0 Å². The summed E-state index contributed by atoms with van der Waals surface area (Å²) in [6, 6.07) is -0.764. The fourth-order valence-electron chi connectivity index (χ4n) is 5.43. The third-order valence-electron chi connectivity index (χ3n) is 8.21. The number of rotatable bonds is 34. The number of hydrogen-bond donors (Lipinski definition) is 4. The maximum Gasteiger partial charge on any atom is 0.472 e. The molecule has 0 aliphatic heterocycles. The second kappa shape index (κ2) is 31.5. The Kier molecular flexibility index (Phi) is 31.1. The minimum absolute atomic E-state index is 0.0918. The minimum atomic E-state index is -4.29. The molecule has 0 spiro atoms. The van der Waals surface area contributed by atoms with Crippen molar-refractivity contribution in [2.24, 2.45) is 5.73 Å². The lowest BCUT2D eigenvalue weighted by atomic mass is 10.0. The van der Waals surface area contributed by atoms with E-state index in [1.54, 1.807) is 0 Å². The lowest BCUT2D eigenvalue weighted by Gasteiger charge is -2.25. The molecule has 0 aromatic heterocycles. The quantitative estimate of drug-likeness (QED) is 0.0410. The van der Waals surface area contributed by atoms with Crippen LogP contribution in [0.2, 0.25) is 0 Å². The summed E-state index contributed by atoms with van der Waals surface area (Å²) in [5.41, 5.74) is 5.35. The number of phosphoric ester groups is 1. The highest BCUT2D eigenvalue weighted by Gasteiger charge is 2.27. The molecule has 0 fully saturated rings. The summed E-state index contributed by atoms with van der Waals surface area (Å²) in [7, 11) is -4.29. The zero-order valence-corrected chi connectivity index (χ0v) is 29.1. The second-order valence-electron chi connectivity index (χ2n) is 12.4. The first-order valence-corrected chi connectivity index (χ1v) is 19.6. The molecule has 0 saturated carbocycles. The number of nitrogens with two attached hydrogens (primary N) is 1. The van der Waals surface area contributed by atoms with Gasteiger partial charge in [0.05, 0.1) is 25.4 Å². The van der Waals surface area contributed by atoms with Gasteiger partial charge < -0.3 is 21.1 Å². The average Bonchev–Trinajstić information content (AvgIpc) is 2.99. The molecule has 0 rings (SSSR count). The molecule has 0 radical (unpaired) electrons. The van der Waals surface area contributed by atoms with Gasteiger partial charge in [0.2, 0.25) is 5.91 Å². The van der Waals surface area contributed by atoms with E-state index in [9.17, 15) is 19.4 Å². The van der Waals surface area contributed by atoms with Crippen molar-refractivity contribution in [1.82, 2.24) is 5.32 Å². The van der Waals surface area contributed by atoms with Crippen molar-refractivity contribution in [1.29, 1.82) is 0 Å². The fraction of sp³-hybridized carbons (Fsp3) is 0.971. The zero-order chi connectivity index (χ0) is 31.9. The van der Waals surface area contributed by atoms with E-state index >= 15 is 0 Å². The van der Waals surface area contributed by atoms with E-state index in [2.05, 4.69) is 19.2 Å². The Labute approximate surface area is 265 Å². The molecule has 0 bridgehead atoms. The lowest BCUT2D eigenvalue weighted by molar-refractivity contribution is -0.123. The van der Waals surface area contributed by atoms with Gasteiger partial charge in [0.25, 0.3) is 0 Å². The number of carbonyl (C=O) groups is 1. The summed E-state index contributed by atoms with van der Waals surface area (Å²) in [6.45, 7) is 4.18. The Morgan fingerprint density at radius 1 is 0.674 bits per heavy atom. The van der Waals surface area contributed by atoms with Crippen LogP contribution >= 0.6 is 7.82 Å². The molecule has 0 aliphatic rings. The minimum Gasteiger partial charge on any atom is -0.391 e. The summed E-state index contributed by atoms with van der Waals surface area (Å²) in [5.74, 6) is -0.162. The summed E-state index contributed by atoms with van der Waals surface area (Å²) in [4.78, 5) is 22.5. The van der Waals surface area contributed by atoms with E-state index in [1.165, 1.54) is 116 Å². The van der Waals surface area contributed by atoms with Crippen LogP contribution in [0.3, 0.4) is 0 Å². The lowest BCUT2D eigenvalue weighted by Crippen LogP contribution is -2.46. The van der Waals surface area contributed by atoms with Crippen LogP contribution in [0.1, 0.15) is 181 Å². The van der Waals surface area contributed by atoms with Crippen molar-refractivity contribution >= 4 is 13.7 Å². The molecule has 1 amide bonds. The largest absolute Gasteiger partial charge is 0.472 e. The maximum absolute atomic E-state index is 12.7. The van der Waals surface area contributed by atoms with E-state index in [4.69, 9.17) is 14.8 Å². The van der Waals surface area contributed by atoms with Gasteiger partial charge in [-0.25, -0.2) is 4.57 Å². The molecule has 258 valence electrons. The Morgan fingerprint density at radius 3 is 1.49 bits per heavy atom. The summed E-state index contributed by atoms with van der Waals surface area (Å²) in [5, 5.41) is 13.7. The predicted molar refractivity (Wildman–Crippen MR) is 180 cm³/mol. The van der Waals surface area contributed by atoms with E-state index < -0.39 is 20.0 Å². The average molecular weight is 635 g/mol. The number of aliphatic hydroxyl groups is 1. The predicted octanol–water partition coefficient (Wildman–Crippen LogP) is 9.11. The van der Waals surface area contributed by atoms with Crippen LogP contribution in [0.15, 0.2) is 0 Å². The van der Waals surface area contributed by atoms with Crippen LogP contribution in [-0.2, 0) is 18.4 Å². The number of unbranched alkanes of at least 4 members (excludes halogenated alkanes) is 22. The Balaban J connectivity index is 4.19. The highest BCUT2D eigenvalue weighted by atomic mass is 31.2. The molecule has 8 nitrogen and oxygen atoms in total. The SMILES string of the molecule is CCCCCCCCCCCCCCCCCC(=O)N[C@@H](COP(=O)(O)OCCN)[C@H](O)CCCCCCCCCCC. The number of hydrogen-bond acceptors (Lipinski definition) is 6. The monoisotopic (exact) mass is 635 g/mol. The third-order valence-corrected chi connectivity index (χ3v) is 9.20. The van der Waals surface area contributed by atoms with Gasteiger partial charge in [-0.05, 0) is 12.8 Å². The van der Waals surface area contributed by atoms with Gasteiger partial charge in [0, 0.05) is 13.0 Å².